The number of halogens is 1. The van der Waals surface area contributed by atoms with Gasteiger partial charge in [0.1, 0.15) is 0 Å². The van der Waals surface area contributed by atoms with Gasteiger partial charge in [-0.15, -0.1) is 0 Å². The van der Waals surface area contributed by atoms with Gasteiger partial charge in [-0.3, -0.25) is 4.79 Å². The van der Waals surface area contributed by atoms with Crippen LogP contribution in [0.3, 0.4) is 0 Å². The molecular formula is C17H14BrNO2. The first-order valence-electron chi connectivity index (χ1n) is 6.79. The van der Waals surface area contributed by atoms with Crippen molar-refractivity contribution in [3.05, 3.63) is 69.7 Å². The third-order valence-corrected chi connectivity index (χ3v) is 4.40. The van der Waals surface area contributed by atoms with Gasteiger partial charge in [-0.1, -0.05) is 57.5 Å². The number of carbonyl (C=O) groups excluding carboxylic acids is 1. The maximum Gasteiger partial charge on any atom is 0.176 e. The molecule has 1 aliphatic carbocycles. The maximum absolute atomic E-state index is 12.8. The molecule has 3 rings (SSSR count). The Labute approximate surface area is 131 Å². The molecule has 1 N–H and O–H groups in total. The van der Waals surface area contributed by atoms with Crippen molar-refractivity contribution in [1.82, 2.24) is 0 Å². The molecule has 0 saturated heterocycles. The Morgan fingerprint density at radius 2 is 1.81 bits per heavy atom. The molecule has 21 heavy (non-hydrogen) atoms. The minimum atomic E-state index is -0.485. The summed E-state index contributed by atoms with van der Waals surface area (Å²) in [6.45, 7) is 0. The highest BCUT2D eigenvalue weighted by Crippen LogP contribution is 2.32. The molecular weight excluding hydrogens is 330 g/mol. The number of hydrogen-bond donors (Lipinski definition) is 1. The van der Waals surface area contributed by atoms with Crippen LogP contribution in [0.2, 0.25) is 0 Å². The Kier molecular flexibility index (Phi) is 3.88. The maximum atomic E-state index is 12.8. The number of rotatable bonds is 2. The summed E-state index contributed by atoms with van der Waals surface area (Å²) in [4.78, 5) is 12.8. The van der Waals surface area contributed by atoms with Gasteiger partial charge in [0.2, 0.25) is 0 Å². The number of nitrogens with zero attached hydrogens (tertiary/aromatic N) is 1. The fourth-order valence-electron chi connectivity index (χ4n) is 2.81. The lowest BCUT2D eigenvalue weighted by Gasteiger charge is -2.25. The van der Waals surface area contributed by atoms with Crippen molar-refractivity contribution in [3.63, 3.8) is 0 Å². The van der Waals surface area contributed by atoms with Crippen LogP contribution >= 0.6 is 15.9 Å². The molecule has 0 bridgehead atoms. The van der Waals surface area contributed by atoms with Gasteiger partial charge < -0.3 is 5.21 Å². The van der Waals surface area contributed by atoms with Crippen LogP contribution in [0, 0.1) is 0 Å². The first-order valence-corrected chi connectivity index (χ1v) is 7.58. The number of aryl methyl sites for hydroxylation is 1. The highest BCUT2D eigenvalue weighted by molar-refractivity contribution is 9.10. The van der Waals surface area contributed by atoms with Gasteiger partial charge in [0.15, 0.2) is 5.78 Å². The Morgan fingerprint density at radius 3 is 2.52 bits per heavy atom. The van der Waals surface area contributed by atoms with Crippen LogP contribution in [-0.4, -0.2) is 16.7 Å². The zero-order valence-electron chi connectivity index (χ0n) is 11.3. The second-order valence-corrected chi connectivity index (χ2v) is 6.01. The number of carbonyl (C=O) groups is 1. The second kappa shape index (κ2) is 5.82. The average molecular weight is 344 g/mol. The van der Waals surface area contributed by atoms with Gasteiger partial charge in [0, 0.05) is 10.0 Å². The summed E-state index contributed by atoms with van der Waals surface area (Å²) >= 11 is 3.37. The summed E-state index contributed by atoms with van der Waals surface area (Å²) in [5.74, 6) is -0.511. The predicted molar refractivity (Wildman–Crippen MR) is 85.2 cm³/mol. The van der Waals surface area contributed by atoms with E-state index in [4.69, 9.17) is 0 Å². The molecule has 1 unspecified atom stereocenters. The minimum Gasteiger partial charge on any atom is -0.411 e. The summed E-state index contributed by atoms with van der Waals surface area (Å²) in [5.41, 5.74) is 3.27. The average Bonchev–Trinajstić information content (AvgIpc) is 2.53. The SMILES string of the molecule is O=C(c1ccc(Br)cc1)C1/C(=N\O)CCc2ccccc21. The molecule has 0 fully saturated rings. The molecule has 4 heteroatoms. The Hall–Kier alpha value is -1.94. The number of fused-ring (bicyclic) bond motifs is 1. The second-order valence-electron chi connectivity index (χ2n) is 5.09. The first-order chi connectivity index (χ1) is 10.2. The van der Waals surface area contributed by atoms with E-state index in [1.807, 2.05) is 36.4 Å². The lowest BCUT2D eigenvalue weighted by Crippen LogP contribution is -2.27. The molecule has 0 radical (unpaired) electrons. The summed E-state index contributed by atoms with van der Waals surface area (Å²) in [7, 11) is 0. The Balaban J connectivity index is 2.06. The smallest absolute Gasteiger partial charge is 0.176 e. The molecule has 1 atom stereocenters. The number of Topliss-reactive ketones (excluding diaryl/α,β-unsaturated/α-hetero) is 1. The van der Waals surface area contributed by atoms with Gasteiger partial charge in [-0.05, 0) is 36.1 Å². The number of oxime groups is 1. The van der Waals surface area contributed by atoms with Crippen molar-refractivity contribution in [3.8, 4) is 0 Å². The Morgan fingerprint density at radius 1 is 1.10 bits per heavy atom. The molecule has 0 aromatic heterocycles. The molecule has 2 aromatic rings. The summed E-state index contributed by atoms with van der Waals surface area (Å²) in [6, 6.07) is 15.1. The van der Waals surface area contributed by atoms with Crippen LogP contribution in [0.4, 0.5) is 0 Å². The van der Waals surface area contributed by atoms with Crippen molar-refractivity contribution in [1.29, 1.82) is 0 Å². The van der Waals surface area contributed by atoms with E-state index < -0.39 is 5.92 Å². The molecule has 1 aliphatic rings. The largest absolute Gasteiger partial charge is 0.411 e. The normalized spacial score (nSPS) is 19.3. The predicted octanol–water partition coefficient (Wildman–Crippen LogP) is 4.19. The third kappa shape index (κ3) is 2.63. The van der Waals surface area contributed by atoms with Crippen LogP contribution in [0.15, 0.2) is 58.2 Å². The first kappa shape index (κ1) is 14.0. The summed E-state index contributed by atoms with van der Waals surface area (Å²) in [5, 5.41) is 12.6. The molecule has 0 heterocycles. The van der Waals surface area contributed by atoms with E-state index in [1.54, 1.807) is 12.1 Å². The van der Waals surface area contributed by atoms with Crippen LogP contribution < -0.4 is 0 Å². The van der Waals surface area contributed by atoms with E-state index >= 15 is 0 Å². The summed E-state index contributed by atoms with van der Waals surface area (Å²) < 4.78 is 0.930. The van der Waals surface area contributed by atoms with Crippen molar-refractivity contribution in [2.24, 2.45) is 5.16 Å². The van der Waals surface area contributed by atoms with Crippen molar-refractivity contribution in [2.45, 2.75) is 18.8 Å². The molecule has 0 aliphatic heterocycles. The van der Waals surface area contributed by atoms with E-state index in [9.17, 15) is 10.0 Å². The molecule has 2 aromatic carbocycles. The molecule has 0 saturated carbocycles. The van der Waals surface area contributed by atoms with Crippen LogP contribution in [0.1, 0.15) is 33.8 Å². The van der Waals surface area contributed by atoms with Crippen LogP contribution in [0.25, 0.3) is 0 Å². The van der Waals surface area contributed by atoms with E-state index in [2.05, 4.69) is 21.1 Å². The Bertz CT molecular complexity index is 707. The molecule has 0 amide bonds. The molecule has 106 valence electrons. The number of hydrogen-bond acceptors (Lipinski definition) is 3. The number of ketones is 1. The van der Waals surface area contributed by atoms with Crippen molar-refractivity contribution < 1.29 is 10.0 Å². The van der Waals surface area contributed by atoms with Gasteiger partial charge >= 0.3 is 0 Å². The van der Waals surface area contributed by atoms with E-state index in [0.717, 1.165) is 22.0 Å². The number of benzene rings is 2. The lowest BCUT2D eigenvalue weighted by molar-refractivity contribution is 0.0979. The van der Waals surface area contributed by atoms with Crippen LogP contribution in [0.5, 0.6) is 0 Å². The monoisotopic (exact) mass is 343 g/mol. The minimum absolute atomic E-state index is 0.0255. The third-order valence-electron chi connectivity index (χ3n) is 3.87. The van der Waals surface area contributed by atoms with Gasteiger partial charge in [0.05, 0.1) is 11.6 Å². The van der Waals surface area contributed by atoms with E-state index in [1.165, 1.54) is 0 Å². The topological polar surface area (TPSA) is 49.7 Å². The van der Waals surface area contributed by atoms with E-state index in [0.29, 0.717) is 17.7 Å². The lowest BCUT2D eigenvalue weighted by atomic mass is 9.77. The molecule has 3 nitrogen and oxygen atoms in total. The zero-order chi connectivity index (χ0) is 14.8. The standard InChI is InChI=1S/C17H14BrNO2/c18-13-8-5-12(6-9-13)17(20)16-14-4-2-1-3-11(14)7-10-15(16)19-21/h1-6,8-9,16,21H,7,10H2/b19-15-. The van der Waals surface area contributed by atoms with Gasteiger partial charge in [-0.25, -0.2) is 0 Å². The fraction of sp³-hybridized carbons (Fsp3) is 0.176. The highest BCUT2D eigenvalue weighted by Gasteiger charge is 2.32. The molecule has 0 spiro atoms. The van der Waals surface area contributed by atoms with Crippen molar-refractivity contribution in [2.75, 3.05) is 0 Å². The van der Waals surface area contributed by atoms with E-state index in [-0.39, 0.29) is 5.78 Å². The quantitative estimate of drug-likeness (QED) is 0.504. The van der Waals surface area contributed by atoms with Gasteiger partial charge in [-0.2, -0.15) is 0 Å². The fourth-order valence-corrected chi connectivity index (χ4v) is 3.08. The van der Waals surface area contributed by atoms with Crippen LogP contribution in [-0.2, 0) is 6.42 Å². The van der Waals surface area contributed by atoms with Gasteiger partial charge in [0.25, 0.3) is 0 Å². The highest BCUT2D eigenvalue weighted by atomic mass is 79.9. The van der Waals surface area contributed by atoms with Crippen molar-refractivity contribution >= 4 is 27.4 Å². The zero-order valence-corrected chi connectivity index (χ0v) is 12.9. The summed E-state index contributed by atoms with van der Waals surface area (Å²) in [6.07, 6.45) is 1.42.